The Hall–Kier alpha value is -2.82. The van der Waals surface area contributed by atoms with Crippen molar-refractivity contribution in [1.82, 2.24) is 5.32 Å². The Labute approximate surface area is 173 Å². The van der Waals surface area contributed by atoms with Crippen LogP contribution in [-0.4, -0.2) is 25.0 Å². The lowest BCUT2D eigenvalue weighted by Gasteiger charge is -2.31. The first-order chi connectivity index (χ1) is 13.8. The number of anilines is 1. The molecule has 0 radical (unpaired) electrons. The number of nitrogens with one attached hydrogen (secondary N) is 1. The Morgan fingerprint density at radius 1 is 1.17 bits per heavy atom. The van der Waals surface area contributed by atoms with E-state index in [2.05, 4.69) is 26.1 Å². The lowest BCUT2D eigenvalue weighted by molar-refractivity contribution is -0.123. The summed E-state index contributed by atoms with van der Waals surface area (Å²) in [5.74, 6) is 0.645. The molecule has 2 amide bonds. The van der Waals surface area contributed by atoms with Crippen LogP contribution in [0.5, 0.6) is 5.75 Å². The number of nitrogens with zero attached hydrogens (tertiary/aromatic N) is 1. The quantitative estimate of drug-likeness (QED) is 0.792. The van der Waals surface area contributed by atoms with Crippen molar-refractivity contribution in [1.29, 1.82) is 0 Å². The first-order valence-electron chi connectivity index (χ1n) is 10.2. The van der Waals surface area contributed by atoms with Gasteiger partial charge in [-0.15, -0.1) is 0 Å². The maximum atomic E-state index is 12.5. The Balaban J connectivity index is 1.61. The van der Waals surface area contributed by atoms with Crippen molar-refractivity contribution in [3.05, 3.63) is 59.7 Å². The van der Waals surface area contributed by atoms with Crippen molar-refractivity contribution in [2.24, 2.45) is 0 Å². The molecule has 0 fully saturated rings. The molecule has 0 bridgehead atoms. The summed E-state index contributed by atoms with van der Waals surface area (Å²) in [4.78, 5) is 26.6. The highest BCUT2D eigenvalue weighted by atomic mass is 16.5. The fourth-order valence-corrected chi connectivity index (χ4v) is 3.45. The monoisotopic (exact) mass is 394 g/mol. The molecule has 0 spiro atoms. The molecule has 0 saturated heterocycles. The average molecular weight is 395 g/mol. The van der Waals surface area contributed by atoms with Gasteiger partial charge in [-0.3, -0.25) is 9.59 Å². The Morgan fingerprint density at radius 2 is 1.90 bits per heavy atom. The molecule has 29 heavy (non-hydrogen) atoms. The van der Waals surface area contributed by atoms with Gasteiger partial charge in [-0.2, -0.15) is 0 Å². The van der Waals surface area contributed by atoms with E-state index in [0.29, 0.717) is 19.4 Å². The van der Waals surface area contributed by atoms with Crippen molar-refractivity contribution in [3.63, 3.8) is 0 Å². The summed E-state index contributed by atoms with van der Waals surface area (Å²) in [5, 5.41) is 3.03. The molecule has 1 heterocycles. The maximum absolute atomic E-state index is 12.5. The third-order valence-electron chi connectivity index (χ3n) is 5.23. The minimum absolute atomic E-state index is 0.00859. The molecule has 1 aliphatic heterocycles. The molecular formula is C24H30N2O3. The van der Waals surface area contributed by atoms with E-state index < -0.39 is 0 Å². The van der Waals surface area contributed by atoms with E-state index >= 15 is 0 Å². The molecule has 1 atom stereocenters. The molecular weight excluding hydrogens is 364 g/mol. The van der Waals surface area contributed by atoms with Gasteiger partial charge in [0, 0.05) is 13.0 Å². The number of benzene rings is 2. The lowest BCUT2D eigenvalue weighted by Crippen LogP contribution is -2.40. The average Bonchev–Trinajstić information content (AvgIpc) is 2.69. The second-order valence-corrected chi connectivity index (χ2v) is 8.57. The van der Waals surface area contributed by atoms with Crippen LogP contribution in [0, 0.1) is 0 Å². The molecule has 3 rings (SSSR count). The third-order valence-corrected chi connectivity index (χ3v) is 5.23. The number of ether oxygens (including phenoxy) is 1. The summed E-state index contributed by atoms with van der Waals surface area (Å²) in [6.07, 6.45) is 0.967. The van der Waals surface area contributed by atoms with Gasteiger partial charge in [-0.1, -0.05) is 57.2 Å². The summed E-state index contributed by atoms with van der Waals surface area (Å²) in [5.41, 5.74) is 3.00. The van der Waals surface area contributed by atoms with Crippen LogP contribution in [0.2, 0.25) is 0 Å². The minimum Gasteiger partial charge on any atom is -0.482 e. The van der Waals surface area contributed by atoms with Crippen LogP contribution in [0.15, 0.2) is 48.5 Å². The van der Waals surface area contributed by atoms with E-state index in [1.54, 1.807) is 4.90 Å². The Bertz CT molecular complexity index is 871. The Kier molecular flexibility index (Phi) is 6.26. The predicted octanol–water partition coefficient (Wildman–Crippen LogP) is 4.37. The fourth-order valence-electron chi connectivity index (χ4n) is 3.45. The molecule has 1 aliphatic rings. The molecule has 1 N–H and O–H groups in total. The molecule has 2 aromatic carbocycles. The smallest absolute Gasteiger partial charge is 0.265 e. The molecule has 1 unspecified atom stereocenters. The molecule has 0 saturated carbocycles. The largest absolute Gasteiger partial charge is 0.482 e. The second kappa shape index (κ2) is 8.68. The van der Waals surface area contributed by atoms with Gasteiger partial charge in [-0.25, -0.2) is 0 Å². The topological polar surface area (TPSA) is 58.6 Å². The van der Waals surface area contributed by atoms with Gasteiger partial charge < -0.3 is 15.0 Å². The van der Waals surface area contributed by atoms with Gasteiger partial charge in [-0.05, 0) is 42.0 Å². The van der Waals surface area contributed by atoms with Crippen LogP contribution in [0.1, 0.15) is 57.7 Å². The van der Waals surface area contributed by atoms with Crippen molar-refractivity contribution < 1.29 is 14.3 Å². The van der Waals surface area contributed by atoms with E-state index in [1.807, 2.05) is 55.5 Å². The molecule has 5 nitrogen and oxygen atoms in total. The van der Waals surface area contributed by atoms with Crippen molar-refractivity contribution in [3.8, 4) is 5.75 Å². The summed E-state index contributed by atoms with van der Waals surface area (Å²) in [6.45, 7) is 8.94. The van der Waals surface area contributed by atoms with Crippen LogP contribution in [0.4, 0.5) is 5.69 Å². The van der Waals surface area contributed by atoms with Gasteiger partial charge in [0.25, 0.3) is 5.91 Å². The van der Waals surface area contributed by atoms with Gasteiger partial charge in [0.2, 0.25) is 5.91 Å². The zero-order valence-electron chi connectivity index (χ0n) is 17.7. The highest BCUT2D eigenvalue weighted by Gasteiger charge is 2.27. The third kappa shape index (κ3) is 5.17. The van der Waals surface area contributed by atoms with E-state index in [0.717, 1.165) is 22.6 Å². The lowest BCUT2D eigenvalue weighted by atomic mass is 9.86. The second-order valence-electron chi connectivity index (χ2n) is 8.57. The van der Waals surface area contributed by atoms with Crippen LogP contribution in [0.3, 0.4) is 0 Å². The molecule has 0 aromatic heterocycles. The van der Waals surface area contributed by atoms with Gasteiger partial charge in [0.05, 0.1) is 11.7 Å². The zero-order chi connectivity index (χ0) is 21.0. The van der Waals surface area contributed by atoms with E-state index in [9.17, 15) is 9.59 Å². The predicted molar refractivity (Wildman–Crippen MR) is 115 cm³/mol. The number of hydrogen-bond donors (Lipinski definition) is 1. The normalized spacial score (nSPS) is 14.8. The van der Waals surface area contributed by atoms with Crippen molar-refractivity contribution >= 4 is 17.5 Å². The number of amides is 2. The highest BCUT2D eigenvalue weighted by molar-refractivity contribution is 5.98. The van der Waals surface area contributed by atoms with Gasteiger partial charge >= 0.3 is 0 Å². The van der Waals surface area contributed by atoms with Crippen LogP contribution in [-0.2, 0) is 15.0 Å². The van der Waals surface area contributed by atoms with Crippen molar-refractivity contribution in [2.75, 3.05) is 18.1 Å². The standard InChI is InChI=1S/C24H30N2O3/c1-17(18-9-6-5-7-10-18)25-22(27)11-8-14-26-20-15-19(24(2,3)4)12-13-21(20)29-16-23(26)28/h5-7,9-10,12-13,15,17H,8,11,14,16H2,1-4H3,(H,25,27). The summed E-state index contributed by atoms with van der Waals surface area (Å²) >= 11 is 0. The number of rotatable bonds is 6. The zero-order valence-corrected chi connectivity index (χ0v) is 17.7. The van der Waals surface area contributed by atoms with Crippen LogP contribution in [0.25, 0.3) is 0 Å². The first-order valence-corrected chi connectivity index (χ1v) is 10.2. The summed E-state index contributed by atoms with van der Waals surface area (Å²) in [6, 6.07) is 15.9. The number of fused-ring (bicyclic) bond motifs is 1. The highest BCUT2D eigenvalue weighted by Crippen LogP contribution is 2.36. The van der Waals surface area contributed by atoms with E-state index in [-0.39, 0.29) is 29.9 Å². The van der Waals surface area contributed by atoms with Crippen molar-refractivity contribution in [2.45, 2.75) is 52.0 Å². The maximum Gasteiger partial charge on any atom is 0.265 e. The molecule has 5 heteroatoms. The van der Waals surface area contributed by atoms with E-state index in [4.69, 9.17) is 4.74 Å². The summed E-state index contributed by atoms with van der Waals surface area (Å²) < 4.78 is 5.59. The molecule has 0 aliphatic carbocycles. The first kappa shape index (κ1) is 20.9. The molecule has 154 valence electrons. The van der Waals surface area contributed by atoms with Gasteiger partial charge in [0.15, 0.2) is 6.61 Å². The number of carbonyl (C=O) groups is 2. The number of carbonyl (C=O) groups excluding carboxylic acids is 2. The Morgan fingerprint density at radius 3 is 2.59 bits per heavy atom. The van der Waals surface area contributed by atoms with Crippen LogP contribution < -0.4 is 15.0 Å². The van der Waals surface area contributed by atoms with Crippen LogP contribution >= 0.6 is 0 Å². The van der Waals surface area contributed by atoms with Gasteiger partial charge in [0.1, 0.15) is 5.75 Å². The molecule has 2 aromatic rings. The SMILES string of the molecule is CC(NC(=O)CCCN1C(=O)COc2ccc(C(C)(C)C)cc21)c1ccccc1. The summed E-state index contributed by atoms with van der Waals surface area (Å²) in [7, 11) is 0. The van der Waals surface area contributed by atoms with E-state index in [1.165, 1.54) is 0 Å². The fraction of sp³-hybridized carbons (Fsp3) is 0.417. The number of hydrogen-bond acceptors (Lipinski definition) is 3. The minimum atomic E-state index is -0.0679.